The Morgan fingerprint density at radius 1 is 1.61 bits per heavy atom. The normalized spacial score (nSPS) is 22.9. The van der Waals surface area contributed by atoms with E-state index in [1.165, 1.54) is 11.3 Å². The highest BCUT2D eigenvalue weighted by Gasteiger charge is 2.35. The Labute approximate surface area is 114 Å². The van der Waals surface area contributed by atoms with Gasteiger partial charge in [0, 0.05) is 11.4 Å². The number of imide groups is 1. The molecule has 1 aliphatic heterocycles. The number of thiophene rings is 1. The number of hydrogen-bond donors (Lipinski definition) is 2. The van der Waals surface area contributed by atoms with Gasteiger partial charge in [-0.3, -0.25) is 19.8 Å². The third-order valence-electron chi connectivity index (χ3n) is 3.01. The lowest BCUT2D eigenvalue weighted by atomic mass is 10.1. The largest absolute Gasteiger partial charge is 0.329 e. The zero-order valence-corrected chi connectivity index (χ0v) is 11.4. The van der Waals surface area contributed by atoms with Gasteiger partial charge >= 0.3 is 0 Å². The SMILES string of the molecule is CC1C(=O)NC(=O)CN1C(CN)c1ccc(Cl)s1. The second-order valence-corrected chi connectivity index (χ2v) is 5.90. The van der Waals surface area contributed by atoms with Crippen LogP contribution in [0.3, 0.4) is 0 Å². The molecule has 1 aliphatic rings. The van der Waals surface area contributed by atoms with Crippen molar-refractivity contribution in [1.82, 2.24) is 10.2 Å². The standard InChI is InChI=1S/C11H14ClN3O2S/c1-6-11(17)14-10(16)5-15(6)7(4-13)8-2-3-9(12)18-8/h2-3,6-7H,4-5,13H2,1H3,(H,14,16,17). The van der Waals surface area contributed by atoms with Crippen LogP contribution in [0.4, 0.5) is 0 Å². The van der Waals surface area contributed by atoms with Gasteiger partial charge in [0.2, 0.25) is 11.8 Å². The van der Waals surface area contributed by atoms with Crippen LogP contribution in [-0.4, -0.2) is 35.8 Å². The number of carbonyl (C=O) groups is 2. The van der Waals surface area contributed by atoms with E-state index in [4.69, 9.17) is 17.3 Å². The molecule has 0 saturated carbocycles. The van der Waals surface area contributed by atoms with Crippen LogP contribution in [0, 0.1) is 0 Å². The molecular formula is C11H14ClN3O2S. The number of nitrogens with two attached hydrogens (primary N) is 1. The maximum Gasteiger partial charge on any atom is 0.243 e. The van der Waals surface area contributed by atoms with Gasteiger partial charge in [0.25, 0.3) is 0 Å². The second-order valence-electron chi connectivity index (χ2n) is 4.15. The average Bonchev–Trinajstić information content (AvgIpc) is 2.73. The van der Waals surface area contributed by atoms with Gasteiger partial charge in [0.15, 0.2) is 0 Å². The van der Waals surface area contributed by atoms with E-state index in [1.807, 2.05) is 11.0 Å². The lowest BCUT2D eigenvalue weighted by Gasteiger charge is -2.36. The molecule has 2 unspecified atom stereocenters. The van der Waals surface area contributed by atoms with E-state index in [2.05, 4.69) is 5.32 Å². The molecule has 0 aromatic carbocycles. The molecule has 1 aromatic rings. The molecule has 7 heteroatoms. The van der Waals surface area contributed by atoms with E-state index in [-0.39, 0.29) is 30.4 Å². The van der Waals surface area contributed by atoms with E-state index in [1.54, 1.807) is 13.0 Å². The second kappa shape index (κ2) is 5.36. The Kier molecular flexibility index (Phi) is 4.01. The Balaban J connectivity index is 2.26. The molecule has 5 nitrogen and oxygen atoms in total. The number of nitrogens with one attached hydrogen (secondary N) is 1. The topological polar surface area (TPSA) is 75.4 Å². The molecular weight excluding hydrogens is 274 g/mol. The first-order valence-electron chi connectivity index (χ1n) is 5.57. The molecule has 18 heavy (non-hydrogen) atoms. The van der Waals surface area contributed by atoms with Gasteiger partial charge in [-0.1, -0.05) is 11.6 Å². The summed E-state index contributed by atoms with van der Waals surface area (Å²) >= 11 is 7.33. The summed E-state index contributed by atoms with van der Waals surface area (Å²) in [6, 6.07) is 3.14. The zero-order valence-electron chi connectivity index (χ0n) is 9.85. The summed E-state index contributed by atoms with van der Waals surface area (Å²) in [6.07, 6.45) is 0. The van der Waals surface area contributed by atoms with Crippen molar-refractivity contribution >= 4 is 34.8 Å². The summed E-state index contributed by atoms with van der Waals surface area (Å²) in [5.41, 5.74) is 5.78. The summed E-state index contributed by atoms with van der Waals surface area (Å²) in [6.45, 7) is 2.27. The number of halogens is 1. The third kappa shape index (κ3) is 2.56. The Bertz CT molecular complexity index is 477. The molecule has 0 bridgehead atoms. The van der Waals surface area contributed by atoms with Crippen molar-refractivity contribution in [1.29, 1.82) is 0 Å². The zero-order chi connectivity index (χ0) is 13.3. The van der Waals surface area contributed by atoms with Crippen LogP contribution in [0.5, 0.6) is 0 Å². The molecule has 98 valence electrons. The predicted molar refractivity (Wildman–Crippen MR) is 70.4 cm³/mol. The molecule has 2 heterocycles. The summed E-state index contributed by atoms with van der Waals surface area (Å²) in [5, 5.41) is 2.31. The maximum absolute atomic E-state index is 11.6. The average molecular weight is 288 g/mol. The van der Waals surface area contributed by atoms with Crippen molar-refractivity contribution in [2.45, 2.75) is 19.0 Å². The molecule has 1 aromatic heterocycles. The maximum atomic E-state index is 11.6. The summed E-state index contributed by atoms with van der Waals surface area (Å²) in [4.78, 5) is 25.9. The lowest BCUT2D eigenvalue weighted by Crippen LogP contribution is -2.58. The minimum Gasteiger partial charge on any atom is -0.329 e. The number of amides is 2. The summed E-state index contributed by atoms with van der Waals surface area (Å²) in [5.74, 6) is -0.577. The van der Waals surface area contributed by atoms with Gasteiger partial charge in [0.1, 0.15) is 0 Å². The molecule has 0 radical (unpaired) electrons. The minimum atomic E-state index is -0.378. The number of piperazine rings is 1. The van der Waals surface area contributed by atoms with E-state index in [0.29, 0.717) is 10.9 Å². The molecule has 2 atom stereocenters. The number of carbonyl (C=O) groups excluding carboxylic acids is 2. The monoisotopic (exact) mass is 287 g/mol. The smallest absolute Gasteiger partial charge is 0.243 e. The van der Waals surface area contributed by atoms with Crippen molar-refractivity contribution in [3.8, 4) is 0 Å². The van der Waals surface area contributed by atoms with E-state index in [9.17, 15) is 9.59 Å². The van der Waals surface area contributed by atoms with Crippen molar-refractivity contribution in [2.24, 2.45) is 5.73 Å². The first-order valence-corrected chi connectivity index (χ1v) is 6.77. The fraction of sp³-hybridized carbons (Fsp3) is 0.455. The first-order chi connectivity index (χ1) is 8.52. The quantitative estimate of drug-likeness (QED) is 0.805. The molecule has 1 fully saturated rings. The summed E-state index contributed by atoms with van der Waals surface area (Å²) in [7, 11) is 0. The Morgan fingerprint density at radius 2 is 2.33 bits per heavy atom. The van der Waals surface area contributed by atoms with Crippen LogP contribution in [-0.2, 0) is 9.59 Å². The molecule has 2 rings (SSSR count). The van der Waals surface area contributed by atoms with Crippen LogP contribution in [0.15, 0.2) is 12.1 Å². The highest BCUT2D eigenvalue weighted by Crippen LogP contribution is 2.31. The molecule has 1 saturated heterocycles. The van der Waals surface area contributed by atoms with Crippen LogP contribution < -0.4 is 11.1 Å². The third-order valence-corrected chi connectivity index (χ3v) is 4.34. The van der Waals surface area contributed by atoms with E-state index in [0.717, 1.165) is 4.88 Å². The molecule has 0 spiro atoms. The Morgan fingerprint density at radius 3 is 2.89 bits per heavy atom. The van der Waals surface area contributed by atoms with Crippen LogP contribution >= 0.6 is 22.9 Å². The number of rotatable bonds is 3. The van der Waals surface area contributed by atoms with Gasteiger partial charge in [-0.25, -0.2) is 0 Å². The van der Waals surface area contributed by atoms with Crippen LogP contribution in [0.2, 0.25) is 4.34 Å². The van der Waals surface area contributed by atoms with Gasteiger partial charge in [-0.15, -0.1) is 11.3 Å². The number of nitrogens with zero attached hydrogens (tertiary/aromatic N) is 1. The van der Waals surface area contributed by atoms with Gasteiger partial charge in [-0.05, 0) is 19.1 Å². The minimum absolute atomic E-state index is 0.160. The lowest BCUT2D eigenvalue weighted by molar-refractivity contribution is -0.140. The van der Waals surface area contributed by atoms with E-state index >= 15 is 0 Å². The molecule has 0 aliphatic carbocycles. The highest BCUT2D eigenvalue weighted by molar-refractivity contribution is 7.16. The number of hydrogen-bond acceptors (Lipinski definition) is 5. The first kappa shape index (κ1) is 13.5. The summed E-state index contributed by atoms with van der Waals surface area (Å²) < 4.78 is 0.670. The van der Waals surface area contributed by atoms with Crippen molar-refractivity contribution < 1.29 is 9.59 Å². The highest BCUT2D eigenvalue weighted by atomic mass is 35.5. The van der Waals surface area contributed by atoms with E-state index < -0.39 is 0 Å². The molecule has 3 N–H and O–H groups in total. The fourth-order valence-electron chi connectivity index (χ4n) is 2.04. The fourth-order valence-corrected chi connectivity index (χ4v) is 3.23. The van der Waals surface area contributed by atoms with Gasteiger partial charge in [-0.2, -0.15) is 0 Å². The van der Waals surface area contributed by atoms with Gasteiger partial charge < -0.3 is 5.73 Å². The predicted octanol–water partition coefficient (Wildman–Crippen LogP) is 0.748. The van der Waals surface area contributed by atoms with Crippen LogP contribution in [0.1, 0.15) is 17.8 Å². The van der Waals surface area contributed by atoms with Crippen molar-refractivity contribution in [2.75, 3.05) is 13.1 Å². The van der Waals surface area contributed by atoms with Crippen LogP contribution in [0.25, 0.3) is 0 Å². The van der Waals surface area contributed by atoms with Crippen molar-refractivity contribution in [3.05, 3.63) is 21.3 Å². The van der Waals surface area contributed by atoms with Gasteiger partial charge in [0.05, 0.1) is 23.0 Å². The molecule has 2 amide bonds. The Hall–Kier alpha value is -0.950. The van der Waals surface area contributed by atoms with Crippen molar-refractivity contribution in [3.63, 3.8) is 0 Å².